The number of benzene rings is 1. The van der Waals surface area contributed by atoms with Crippen molar-refractivity contribution >= 4 is 23.2 Å². The average Bonchev–Trinajstić information content (AvgIpc) is 2.38. The predicted molar refractivity (Wildman–Crippen MR) is 72.8 cm³/mol. The van der Waals surface area contributed by atoms with Crippen LogP contribution in [0.25, 0.3) is 0 Å². The highest BCUT2D eigenvalue weighted by Crippen LogP contribution is 2.23. The number of alkyl halides is 3. The minimum Gasteiger partial charge on any atom is -0.330 e. The molecule has 0 aliphatic rings. The van der Waals surface area contributed by atoms with Crippen LogP contribution in [-0.2, 0) is 9.59 Å². The van der Waals surface area contributed by atoms with Crippen LogP contribution in [0, 0.1) is 6.92 Å². The van der Waals surface area contributed by atoms with Gasteiger partial charge < -0.3 is 16.4 Å². The van der Waals surface area contributed by atoms with Crippen LogP contribution >= 0.6 is 0 Å². The molecule has 1 aromatic rings. The summed E-state index contributed by atoms with van der Waals surface area (Å²) in [5.41, 5.74) is 6.17. The number of nitrogens with two attached hydrogens (primary N) is 1. The highest BCUT2D eigenvalue weighted by atomic mass is 19.4. The summed E-state index contributed by atoms with van der Waals surface area (Å²) < 4.78 is 36.5. The molecule has 0 bridgehead atoms. The molecule has 0 saturated heterocycles. The van der Waals surface area contributed by atoms with E-state index in [0.29, 0.717) is 24.2 Å². The first-order valence-corrected chi connectivity index (χ1v) is 6.23. The van der Waals surface area contributed by atoms with Crippen LogP contribution in [0.1, 0.15) is 18.4 Å². The lowest BCUT2D eigenvalue weighted by molar-refractivity contribution is -0.167. The van der Waals surface area contributed by atoms with E-state index < -0.39 is 12.1 Å². The summed E-state index contributed by atoms with van der Waals surface area (Å²) in [4.78, 5) is 22.3. The van der Waals surface area contributed by atoms with Crippen molar-refractivity contribution in [3.8, 4) is 0 Å². The Morgan fingerprint density at radius 1 is 1.24 bits per heavy atom. The zero-order chi connectivity index (χ0) is 16.0. The van der Waals surface area contributed by atoms with Gasteiger partial charge in [-0.15, -0.1) is 0 Å². The first-order valence-electron chi connectivity index (χ1n) is 6.23. The smallest absolute Gasteiger partial charge is 0.330 e. The molecule has 0 saturated carbocycles. The van der Waals surface area contributed by atoms with Gasteiger partial charge in [0, 0.05) is 17.8 Å². The summed E-state index contributed by atoms with van der Waals surface area (Å²) in [6.07, 6.45) is -4.13. The van der Waals surface area contributed by atoms with Crippen molar-refractivity contribution in [1.82, 2.24) is 0 Å². The van der Waals surface area contributed by atoms with E-state index in [-0.39, 0.29) is 18.0 Å². The van der Waals surface area contributed by atoms with Crippen LogP contribution in [0.2, 0.25) is 0 Å². The van der Waals surface area contributed by atoms with Gasteiger partial charge in [-0.05, 0) is 43.7 Å². The summed E-state index contributed by atoms with van der Waals surface area (Å²) >= 11 is 0. The lowest BCUT2D eigenvalue weighted by Gasteiger charge is -2.12. The molecule has 2 amide bonds. The molecule has 0 unspecified atom stereocenters. The van der Waals surface area contributed by atoms with Gasteiger partial charge in [-0.3, -0.25) is 9.59 Å². The first kappa shape index (κ1) is 17.0. The van der Waals surface area contributed by atoms with Crippen LogP contribution in [-0.4, -0.2) is 24.5 Å². The topological polar surface area (TPSA) is 84.2 Å². The molecular weight excluding hydrogens is 287 g/mol. The molecule has 0 fully saturated rings. The molecule has 0 aromatic heterocycles. The van der Waals surface area contributed by atoms with Crippen LogP contribution in [0.3, 0.4) is 0 Å². The third kappa shape index (κ3) is 5.42. The molecule has 1 aromatic carbocycles. The monoisotopic (exact) mass is 303 g/mol. The van der Waals surface area contributed by atoms with Gasteiger partial charge in [0.2, 0.25) is 5.91 Å². The number of carbonyl (C=O) groups is 2. The average molecular weight is 303 g/mol. The second kappa shape index (κ2) is 7.07. The largest absolute Gasteiger partial charge is 0.471 e. The van der Waals surface area contributed by atoms with Crippen molar-refractivity contribution in [1.29, 1.82) is 0 Å². The minimum absolute atomic E-state index is 0.0392. The maximum Gasteiger partial charge on any atom is 0.471 e. The molecule has 4 N–H and O–H groups in total. The summed E-state index contributed by atoms with van der Waals surface area (Å²) in [7, 11) is 0. The summed E-state index contributed by atoms with van der Waals surface area (Å²) in [6.45, 7) is 1.93. The highest BCUT2D eigenvalue weighted by molar-refractivity contribution is 5.96. The molecule has 0 aliphatic heterocycles. The molecule has 0 radical (unpaired) electrons. The van der Waals surface area contributed by atoms with E-state index in [0.717, 1.165) is 0 Å². The number of aryl methyl sites for hydroxylation is 1. The molecule has 116 valence electrons. The van der Waals surface area contributed by atoms with Gasteiger partial charge in [0.05, 0.1) is 0 Å². The Hall–Kier alpha value is -2.09. The molecule has 5 nitrogen and oxygen atoms in total. The fraction of sp³-hybridized carbons (Fsp3) is 0.385. The second-order valence-corrected chi connectivity index (χ2v) is 4.42. The van der Waals surface area contributed by atoms with Crippen molar-refractivity contribution in [2.45, 2.75) is 25.9 Å². The van der Waals surface area contributed by atoms with Crippen molar-refractivity contribution in [3.05, 3.63) is 23.8 Å². The number of anilines is 2. The minimum atomic E-state index is -4.94. The number of rotatable bonds is 5. The van der Waals surface area contributed by atoms with Crippen LogP contribution in [0.5, 0.6) is 0 Å². The van der Waals surface area contributed by atoms with Crippen molar-refractivity contribution in [3.63, 3.8) is 0 Å². The number of hydrogen-bond acceptors (Lipinski definition) is 3. The maximum atomic E-state index is 12.2. The molecule has 0 atom stereocenters. The number of carbonyl (C=O) groups excluding carboxylic acids is 2. The highest BCUT2D eigenvalue weighted by Gasteiger charge is 2.38. The Morgan fingerprint density at radius 2 is 1.90 bits per heavy atom. The Balaban J connectivity index is 2.72. The SMILES string of the molecule is Cc1cc(NC(=O)CCCN)ccc1NC(=O)C(F)(F)F. The van der Waals surface area contributed by atoms with Crippen LogP contribution < -0.4 is 16.4 Å². The fourth-order valence-corrected chi connectivity index (χ4v) is 1.56. The summed E-state index contributed by atoms with van der Waals surface area (Å²) in [5.74, 6) is -2.27. The van der Waals surface area contributed by atoms with Gasteiger partial charge in [-0.25, -0.2) is 0 Å². The predicted octanol–water partition coefficient (Wildman–Crippen LogP) is 2.17. The molecule has 1 rings (SSSR count). The fourth-order valence-electron chi connectivity index (χ4n) is 1.56. The van der Waals surface area contributed by atoms with Gasteiger partial charge in [0.1, 0.15) is 0 Å². The van der Waals surface area contributed by atoms with E-state index in [4.69, 9.17) is 5.73 Å². The second-order valence-electron chi connectivity index (χ2n) is 4.42. The normalized spacial score (nSPS) is 11.1. The van der Waals surface area contributed by atoms with Crippen LogP contribution in [0.15, 0.2) is 18.2 Å². The number of halogens is 3. The van der Waals surface area contributed by atoms with E-state index in [2.05, 4.69) is 5.32 Å². The van der Waals surface area contributed by atoms with E-state index in [1.54, 1.807) is 5.32 Å². The maximum absolute atomic E-state index is 12.2. The molecule has 21 heavy (non-hydrogen) atoms. The Bertz CT molecular complexity index is 530. The lowest BCUT2D eigenvalue weighted by Crippen LogP contribution is -2.30. The Morgan fingerprint density at radius 3 is 2.43 bits per heavy atom. The Labute approximate surface area is 119 Å². The van der Waals surface area contributed by atoms with Crippen molar-refractivity contribution in [2.24, 2.45) is 5.73 Å². The van der Waals surface area contributed by atoms with Gasteiger partial charge in [0.15, 0.2) is 0 Å². The van der Waals surface area contributed by atoms with Crippen molar-refractivity contribution < 1.29 is 22.8 Å². The Kier molecular flexibility index (Phi) is 5.71. The zero-order valence-corrected chi connectivity index (χ0v) is 11.4. The zero-order valence-electron chi connectivity index (χ0n) is 11.4. The van der Waals surface area contributed by atoms with Crippen LogP contribution in [0.4, 0.5) is 24.5 Å². The van der Waals surface area contributed by atoms with Gasteiger partial charge >= 0.3 is 12.1 Å². The number of nitrogens with one attached hydrogen (secondary N) is 2. The van der Waals surface area contributed by atoms with Gasteiger partial charge in [-0.2, -0.15) is 13.2 Å². The van der Waals surface area contributed by atoms with E-state index >= 15 is 0 Å². The molecular formula is C13H16F3N3O2. The number of hydrogen-bond donors (Lipinski definition) is 3. The summed E-state index contributed by atoms with van der Waals surface area (Å²) in [5, 5.41) is 4.37. The number of amides is 2. The quantitative estimate of drug-likeness (QED) is 0.779. The van der Waals surface area contributed by atoms with Gasteiger partial charge in [-0.1, -0.05) is 0 Å². The van der Waals surface area contributed by atoms with Crippen molar-refractivity contribution in [2.75, 3.05) is 17.2 Å². The van der Waals surface area contributed by atoms with E-state index in [1.807, 2.05) is 0 Å². The third-order valence-electron chi connectivity index (χ3n) is 2.62. The molecule has 0 aliphatic carbocycles. The summed E-state index contributed by atoms with van der Waals surface area (Å²) in [6, 6.07) is 4.20. The van der Waals surface area contributed by atoms with E-state index in [9.17, 15) is 22.8 Å². The standard InChI is InChI=1S/C13H16F3N3O2/c1-8-7-9(18-11(20)3-2-6-17)4-5-10(8)19-12(21)13(14,15)16/h4-5,7H,2-3,6,17H2,1H3,(H,18,20)(H,19,21). The first-order chi connectivity index (χ1) is 9.74. The lowest BCUT2D eigenvalue weighted by atomic mass is 10.1. The van der Waals surface area contributed by atoms with Gasteiger partial charge in [0.25, 0.3) is 0 Å². The molecule has 0 heterocycles. The third-order valence-corrected chi connectivity index (χ3v) is 2.62. The molecule has 8 heteroatoms. The van der Waals surface area contributed by atoms with E-state index in [1.165, 1.54) is 25.1 Å². The molecule has 0 spiro atoms.